The number of para-hydroxylation sites is 2. The molecule has 0 bridgehead atoms. The van der Waals surface area contributed by atoms with Crippen molar-refractivity contribution in [2.24, 2.45) is 0 Å². The van der Waals surface area contributed by atoms with Gasteiger partial charge in [0.1, 0.15) is 5.54 Å². The van der Waals surface area contributed by atoms with E-state index in [-0.39, 0.29) is 17.5 Å². The lowest BCUT2D eigenvalue weighted by molar-refractivity contribution is -0.386. The number of rotatable bonds is 6. The predicted molar refractivity (Wildman–Crippen MR) is 70.9 cm³/mol. The molecule has 0 aromatic heterocycles. The Labute approximate surface area is 112 Å². The number of benzene rings is 1. The van der Waals surface area contributed by atoms with Gasteiger partial charge in [-0.1, -0.05) is 12.1 Å². The third kappa shape index (κ3) is 3.93. The van der Waals surface area contributed by atoms with Crippen LogP contribution < -0.4 is 10.1 Å². The molecule has 0 aliphatic rings. The molecule has 1 rings (SSSR count). The minimum Gasteiger partial charge on any atom is -0.484 e. The highest BCUT2D eigenvalue weighted by molar-refractivity contribution is 5.45. The highest BCUT2D eigenvalue weighted by Crippen LogP contribution is 2.28. The van der Waals surface area contributed by atoms with Crippen LogP contribution in [0, 0.1) is 21.4 Å². The highest BCUT2D eigenvalue weighted by Gasteiger charge is 2.26. The summed E-state index contributed by atoms with van der Waals surface area (Å²) in [5, 5.41) is 22.8. The number of nitrogens with one attached hydrogen (secondary N) is 1. The molecule has 2 atom stereocenters. The molecular weight excluding hydrogens is 246 g/mol. The maximum absolute atomic E-state index is 10.9. The number of nitro benzene ring substituents is 1. The van der Waals surface area contributed by atoms with Crippen LogP contribution in [0.1, 0.15) is 20.3 Å². The van der Waals surface area contributed by atoms with Crippen molar-refractivity contribution >= 4 is 5.69 Å². The van der Waals surface area contributed by atoms with Crippen molar-refractivity contribution in [3.8, 4) is 11.8 Å². The molecule has 0 saturated carbocycles. The Balaban J connectivity index is 2.81. The van der Waals surface area contributed by atoms with Gasteiger partial charge in [0, 0.05) is 12.5 Å². The summed E-state index contributed by atoms with van der Waals surface area (Å²) >= 11 is 0. The van der Waals surface area contributed by atoms with E-state index in [0.29, 0.717) is 6.42 Å². The van der Waals surface area contributed by atoms with Crippen LogP contribution in [0.15, 0.2) is 24.3 Å². The molecule has 0 fully saturated rings. The zero-order chi connectivity index (χ0) is 14.5. The minimum absolute atomic E-state index is 0.0718. The van der Waals surface area contributed by atoms with Crippen LogP contribution in [0.5, 0.6) is 5.75 Å². The average Bonchev–Trinajstić information content (AvgIpc) is 2.38. The number of hydrogen-bond acceptors (Lipinski definition) is 5. The van der Waals surface area contributed by atoms with Gasteiger partial charge in [0.15, 0.2) is 5.75 Å². The summed E-state index contributed by atoms with van der Waals surface area (Å²) in [6.07, 6.45) is 0.102. The smallest absolute Gasteiger partial charge is 0.310 e. The standard InChI is InChI=1S/C13H17N3O3/c1-10(8-13(2,9-14)15-3)19-12-7-5-4-6-11(12)16(17)18/h4-7,10,15H,8H2,1-3H3. The number of nitrogens with zero attached hydrogens (tertiary/aromatic N) is 2. The Morgan fingerprint density at radius 2 is 2.21 bits per heavy atom. The average molecular weight is 263 g/mol. The van der Waals surface area contributed by atoms with Gasteiger partial charge in [-0.2, -0.15) is 5.26 Å². The fourth-order valence-electron chi connectivity index (χ4n) is 1.74. The quantitative estimate of drug-likeness (QED) is 0.628. The molecular formula is C13H17N3O3. The van der Waals surface area contributed by atoms with Gasteiger partial charge in [0.25, 0.3) is 0 Å². The first-order valence-corrected chi connectivity index (χ1v) is 5.92. The lowest BCUT2D eigenvalue weighted by atomic mass is 9.97. The lowest BCUT2D eigenvalue weighted by Crippen LogP contribution is -2.41. The minimum atomic E-state index is -0.719. The molecule has 1 aromatic rings. The fourth-order valence-corrected chi connectivity index (χ4v) is 1.74. The number of nitriles is 1. The molecule has 102 valence electrons. The maximum atomic E-state index is 10.9. The summed E-state index contributed by atoms with van der Waals surface area (Å²) in [5.41, 5.74) is -0.791. The van der Waals surface area contributed by atoms with Crippen molar-refractivity contribution in [2.45, 2.75) is 31.9 Å². The van der Waals surface area contributed by atoms with Crippen molar-refractivity contribution in [2.75, 3.05) is 7.05 Å². The summed E-state index contributed by atoms with van der Waals surface area (Å²) in [4.78, 5) is 10.4. The molecule has 0 radical (unpaired) electrons. The molecule has 6 nitrogen and oxygen atoms in total. The molecule has 0 aliphatic heterocycles. The number of hydrogen-bond donors (Lipinski definition) is 1. The van der Waals surface area contributed by atoms with Gasteiger partial charge in [-0.25, -0.2) is 0 Å². The van der Waals surface area contributed by atoms with Crippen molar-refractivity contribution in [3.05, 3.63) is 34.4 Å². The van der Waals surface area contributed by atoms with Gasteiger partial charge in [-0.05, 0) is 27.0 Å². The summed E-state index contributed by atoms with van der Waals surface area (Å²) in [6, 6.07) is 8.37. The second-order valence-electron chi connectivity index (χ2n) is 4.55. The molecule has 0 spiro atoms. The first-order valence-electron chi connectivity index (χ1n) is 5.92. The van der Waals surface area contributed by atoms with E-state index in [9.17, 15) is 10.1 Å². The summed E-state index contributed by atoms with van der Waals surface area (Å²) in [6.45, 7) is 3.54. The molecule has 6 heteroatoms. The summed E-state index contributed by atoms with van der Waals surface area (Å²) in [5.74, 6) is 0.219. The molecule has 1 aromatic carbocycles. The predicted octanol–water partition coefficient (Wildman–Crippen LogP) is 2.25. The third-order valence-electron chi connectivity index (χ3n) is 2.88. The van der Waals surface area contributed by atoms with E-state index in [1.165, 1.54) is 6.07 Å². The van der Waals surface area contributed by atoms with E-state index in [0.717, 1.165) is 0 Å². The van der Waals surface area contributed by atoms with Crippen LogP contribution in [0.4, 0.5) is 5.69 Å². The first-order chi connectivity index (χ1) is 8.91. The topological polar surface area (TPSA) is 88.2 Å². The Bertz CT molecular complexity index is 498. The van der Waals surface area contributed by atoms with Gasteiger partial charge in [0.05, 0.1) is 17.1 Å². The lowest BCUT2D eigenvalue weighted by Gasteiger charge is -2.25. The molecule has 0 amide bonds. The molecule has 19 heavy (non-hydrogen) atoms. The van der Waals surface area contributed by atoms with E-state index < -0.39 is 10.5 Å². The number of nitro groups is 1. The summed E-state index contributed by atoms with van der Waals surface area (Å²) in [7, 11) is 1.70. The van der Waals surface area contributed by atoms with Crippen LogP contribution in [0.25, 0.3) is 0 Å². The molecule has 0 aliphatic carbocycles. The van der Waals surface area contributed by atoms with Crippen LogP contribution in [-0.2, 0) is 0 Å². The van der Waals surface area contributed by atoms with Crippen LogP contribution in [0.2, 0.25) is 0 Å². The van der Waals surface area contributed by atoms with Crippen LogP contribution >= 0.6 is 0 Å². The fraction of sp³-hybridized carbons (Fsp3) is 0.462. The largest absolute Gasteiger partial charge is 0.484 e. The van der Waals surface area contributed by atoms with Crippen LogP contribution in [0.3, 0.4) is 0 Å². The van der Waals surface area contributed by atoms with Crippen LogP contribution in [-0.4, -0.2) is 23.6 Å². The normalized spacial score (nSPS) is 15.1. The zero-order valence-corrected chi connectivity index (χ0v) is 11.2. The van der Waals surface area contributed by atoms with Gasteiger partial charge in [-0.15, -0.1) is 0 Å². The zero-order valence-electron chi connectivity index (χ0n) is 11.2. The monoisotopic (exact) mass is 263 g/mol. The molecule has 0 heterocycles. The first kappa shape index (κ1) is 14.9. The van der Waals surface area contributed by atoms with Gasteiger partial charge in [-0.3, -0.25) is 10.1 Å². The Kier molecular flexibility index (Phi) is 4.84. The van der Waals surface area contributed by atoms with Crippen molar-refractivity contribution in [3.63, 3.8) is 0 Å². The Morgan fingerprint density at radius 1 is 1.58 bits per heavy atom. The SMILES string of the molecule is CNC(C)(C#N)CC(C)Oc1ccccc1[N+](=O)[O-]. The van der Waals surface area contributed by atoms with Crippen molar-refractivity contribution in [1.29, 1.82) is 5.26 Å². The number of ether oxygens (including phenoxy) is 1. The summed E-state index contributed by atoms with van der Waals surface area (Å²) < 4.78 is 5.57. The van der Waals surface area contributed by atoms with Gasteiger partial charge in [0.2, 0.25) is 0 Å². The Morgan fingerprint density at radius 3 is 2.74 bits per heavy atom. The second-order valence-corrected chi connectivity index (χ2v) is 4.55. The highest BCUT2D eigenvalue weighted by atomic mass is 16.6. The second kappa shape index (κ2) is 6.16. The van der Waals surface area contributed by atoms with E-state index in [4.69, 9.17) is 10.00 Å². The van der Waals surface area contributed by atoms with E-state index in [1.54, 1.807) is 39.1 Å². The van der Waals surface area contributed by atoms with Gasteiger partial charge < -0.3 is 10.1 Å². The van der Waals surface area contributed by atoms with Gasteiger partial charge >= 0.3 is 5.69 Å². The molecule has 2 unspecified atom stereocenters. The van der Waals surface area contributed by atoms with E-state index in [1.807, 2.05) is 0 Å². The van der Waals surface area contributed by atoms with Crippen molar-refractivity contribution in [1.82, 2.24) is 5.32 Å². The molecule has 1 N–H and O–H groups in total. The van der Waals surface area contributed by atoms with E-state index in [2.05, 4.69) is 11.4 Å². The van der Waals surface area contributed by atoms with E-state index >= 15 is 0 Å². The van der Waals surface area contributed by atoms with Crippen molar-refractivity contribution < 1.29 is 9.66 Å². The molecule has 0 saturated heterocycles. The third-order valence-corrected chi connectivity index (χ3v) is 2.88. The Hall–Kier alpha value is -2.13. The maximum Gasteiger partial charge on any atom is 0.310 e.